The molecule has 0 bridgehead atoms. The summed E-state index contributed by atoms with van der Waals surface area (Å²) in [5.41, 5.74) is 1.01. The third-order valence-corrected chi connectivity index (χ3v) is 4.06. The van der Waals surface area contributed by atoms with Crippen LogP contribution in [0.4, 0.5) is 0 Å². The van der Waals surface area contributed by atoms with Crippen LogP contribution in [0.3, 0.4) is 0 Å². The summed E-state index contributed by atoms with van der Waals surface area (Å²) in [6.07, 6.45) is 4.73. The lowest BCUT2D eigenvalue weighted by atomic mass is 9.92. The van der Waals surface area contributed by atoms with Crippen LogP contribution in [0.1, 0.15) is 32.4 Å². The summed E-state index contributed by atoms with van der Waals surface area (Å²) >= 11 is 0. The summed E-state index contributed by atoms with van der Waals surface area (Å²) in [6.45, 7) is 8.73. The zero-order chi connectivity index (χ0) is 13.0. The topological polar surface area (TPSA) is 46.0 Å². The first-order chi connectivity index (χ1) is 8.70. The Labute approximate surface area is 110 Å². The molecule has 1 aromatic heterocycles. The fourth-order valence-electron chi connectivity index (χ4n) is 2.68. The van der Waals surface area contributed by atoms with Gasteiger partial charge >= 0.3 is 0 Å². The lowest BCUT2D eigenvalue weighted by molar-refractivity contribution is 0.108. The lowest BCUT2D eigenvalue weighted by Gasteiger charge is -2.37. The van der Waals surface area contributed by atoms with Crippen LogP contribution in [-0.2, 0) is 13.1 Å². The average molecular weight is 251 g/mol. The fraction of sp³-hybridized carbons (Fsp3) is 0.846. The highest BCUT2D eigenvalue weighted by Crippen LogP contribution is 2.22. The molecule has 0 radical (unpaired) electrons. The molecule has 5 nitrogen and oxygen atoms in total. The molecule has 18 heavy (non-hydrogen) atoms. The molecular weight excluding hydrogens is 226 g/mol. The monoisotopic (exact) mass is 251 g/mol. The van der Waals surface area contributed by atoms with Crippen LogP contribution in [0, 0.1) is 5.92 Å². The number of rotatable bonds is 5. The molecule has 1 saturated heterocycles. The van der Waals surface area contributed by atoms with Gasteiger partial charge < -0.3 is 5.32 Å². The number of hydrogen-bond acceptors (Lipinski definition) is 4. The SMILES string of the molecule is CNCc1cn(CCN2CCCC(C)C2C)nn1. The van der Waals surface area contributed by atoms with E-state index in [2.05, 4.69) is 34.4 Å². The van der Waals surface area contributed by atoms with E-state index in [9.17, 15) is 0 Å². The van der Waals surface area contributed by atoms with Gasteiger partial charge in [0.15, 0.2) is 0 Å². The molecule has 2 rings (SSSR count). The Morgan fingerprint density at radius 3 is 3.00 bits per heavy atom. The molecule has 5 heteroatoms. The molecule has 1 aliphatic rings. The molecule has 0 spiro atoms. The zero-order valence-electron chi connectivity index (χ0n) is 11.8. The van der Waals surface area contributed by atoms with E-state index in [1.807, 2.05) is 17.9 Å². The maximum absolute atomic E-state index is 4.16. The van der Waals surface area contributed by atoms with E-state index in [4.69, 9.17) is 0 Å². The van der Waals surface area contributed by atoms with Crippen molar-refractivity contribution in [2.24, 2.45) is 5.92 Å². The highest BCUT2D eigenvalue weighted by molar-refractivity contribution is 4.91. The van der Waals surface area contributed by atoms with Gasteiger partial charge in [0.05, 0.1) is 12.2 Å². The maximum atomic E-state index is 4.16. The van der Waals surface area contributed by atoms with Crippen LogP contribution in [0.15, 0.2) is 6.20 Å². The maximum Gasteiger partial charge on any atom is 0.0964 e. The van der Waals surface area contributed by atoms with Crippen LogP contribution >= 0.6 is 0 Å². The van der Waals surface area contributed by atoms with Crippen molar-refractivity contribution in [1.29, 1.82) is 0 Å². The highest BCUT2D eigenvalue weighted by atomic mass is 15.4. The number of hydrogen-bond donors (Lipinski definition) is 1. The molecule has 1 aliphatic heterocycles. The zero-order valence-corrected chi connectivity index (χ0v) is 11.8. The van der Waals surface area contributed by atoms with Gasteiger partial charge in [0.25, 0.3) is 0 Å². The second-order valence-corrected chi connectivity index (χ2v) is 5.40. The van der Waals surface area contributed by atoms with Gasteiger partial charge in [-0.3, -0.25) is 9.58 Å². The molecule has 1 N–H and O–H groups in total. The minimum atomic E-state index is 0.694. The van der Waals surface area contributed by atoms with Gasteiger partial charge in [-0.15, -0.1) is 5.10 Å². The molecule has 1 fully saturated rings. The molecule has 1 aromatic rings. The Morgan fingerprint density at radius 2 is 2.22 bits per heavy atom. The summed E-state index contributed by atoms with van der Waals surface area (Å²) in [6, 6.07) is 0.694. The minimum Gasteiger partial charge on any atom is -0.314 e. The summed E-state index contributed by atoms with van der Waals surface area (Å²) in [4.78, 5) is 2.58. The van der Waals surface area contributed by atoms with Crippen LogP contribution in [0.25, 0.3) is 0 Å². The van der Waals surface area contributed by atoms with Crippen molar-refractivity contribution in [2.75, 3.05) is 20.1 Å². The number of aromatic nitrogens is 3. The number of piperidine rings is 1. The predicted octanol–water partition coefficient (Wildman–Crippen LogP) is 1.12. The first kappa shape index (κ1) is 13.5. The van der Waals surface area contributed by atoms with Crippen molar-refractivity contribution in [3.8, 4) is 0 Å². The Morgan fingerprint density at radius 1 is 1.39 bits per heavy atom. The summed E-state index contributed by atoms with van der Waals surface area (Å²) in [5, 5.41) is 11.4. The normalized spacial score (nSPS) is 25.5. The van der Waals surface area contributed by atoms with Gasteiger partial charge in [-0.25, -0.2) is 0 Å². The van der Waals surface area contributed by atoms with Crippen molar-refractivity contribution in [2.45, 2.75) is 45.8 Å². The van der Waals surface area contributed by atoms with E-state index in [0.717, 1.165) is 31.2 Å². The average Bonchev–Trinajstić information content (AvgIpc) is 2.79. The van der Waals surface area contributed by atoms with Crippen LogP contribution in [0.2, 0.25) is 0 Å². The highest BCUT2D eigenvalue weighted by Gasteiger charge is 2.24. The van der Waals surface area contributed by atoms with Crippen LogP contribution in [0.5, 0.6) is 0 Å². The molecule has 0 amide bonds. The van der Waals surface area contributed by atoms with Crippen molar-refractivity contribution >= 4 is 0 Å². The third kappa shape index (κ3) is 3.29. The standard InChI is InChI=1S/C13H25N5/c1-11-5-4-6-17(12(11)2)7-8-18-10-13(9-14-3)15-16-18/h10-12,14H,4-9H2,1-3H3. The van der Waals surface area contributed by atoms with Gasteiger partial charge in [0.2, 0.25) is 0 Å². The van der Waals surface area contributed by atoms with Crippen molar-refractivity contribution in [3.05, 3.63) is 11.9 Å². The van der Waals surface area contributed by atoms with Crippen molar-refractivity contribution in [3.63, 3.8) is 0 Å². The summed E-state index contributed by atoms with van der Waals surface area (Å²) in [7, 11) is 1.93. The fourth-order valence-corrected chi connectivity index (χ4v) is 2.68. The van der Waals surface area contributed by atoms with Gasteiger partial charge in [0, 0.05) is 25.3 Å². The number of nitrogens with zero attached hydrogens (tertiary/aromatic N) is 4. The van der Waals surface area contributed by atoms with Crippen LogP contribution in [-0.4, -0.2) is 46.1 Å². The minimum absolute atomic E-state index is 0.694. The molecule has 0 saturated carbocycles. The molecule has 0 aromatic carbocycles. The molecule has 102 valence electrons. The second-order valence-electron chi connectivity index (χ2n) is 5.40. The van der Waals surface area contributed by atoms with Gasteiger partial charge in [-0.05, 0) is 39.3 Å². The molecular formula is C13H25N5. The third-order valence-electron chi connectivity index (χ3n) is 4.06. The first-order valence-corrected chi connectivity index (χ1v) is 6.98. The summed E-state index contributed by atoms with van der Waals surface area (Å²) in [5.74, 6) is 0.814. The van der Waals surface area contributed by atoms with Crippen molar-refractivity contribution in [1.82, 2.24) is 25.2 Å². The smallest absolute Gasteiger partial charge is 0.0964 e. The number of nitrogens with one attached hydrogen (secondary N) is 1. The van der Waals surface area contributed by atoms with E-state index < -0.39 is 0 Å². The van der Waals surface area contributed by atoms with E-state index in [-0.39, 0.29) is 0 Å². The Kier molecular flexibility index (Phi) is 4.72. The van der Waals surface area contributed by atoms with Gasteiger partial charge in [0.1, 0.15) is 0 Å². The van der Waals surface area contributed by atoms with Gasteiger partial charge in [-0.2, -0.15) is 0 Å². The Bertz CT molecular complexity index is 362. The largest absolute Gasteiger partial charge is 0.314 e. The first-order valence-electron chi connectivity index (χ1n) is 6.98. The van der Waals surface area contributed by atoms with Gasteiger partial charge in [-0.1, -0.05) is 12.1 Å². The molecule has 2 atom stereocenters. The van der Waals surface area contributed by atoms with E-state index in [0.29, 0.717) is 6.04 Å². The summed E-state index contributed by atoms with van der Waals surface area (Å²) < 4.78 is 1.96. The Balaban J connectivity index is 1.82. The number of likely N-dealkylation sites (tertiary alicyclic amines) is 1. The predicted molar refractivity (Wildman–Crippen MR) is 72.2 cm³/mol. The molecule has 0 aliphatic carbocycles. The van der Waals surface area contributed by atoms with Crippen molar-refractivity contribution < 1.29 is 0 Å². The van der Waals surface area contributed by atoms with E-state index in [1.54, 1.807) is 0 Å². The van der Waals surface area contributed by atoms with Crippen LogP contribution < -0.4 is 5.32 Å². The van der Waals surface area contributed by atoms with E-state index in [1.165, 1.54) is 19.4 Å². The quantitative estimate of drug-likeness (QED) is 0.852. The lowest BCUT2D eigenvalue weighted by Crippen LogP contribution is -2.43. The molecule has 2 heterocycles. The molecule has 2 unspecified atom stereocenters. The Hall–Kier alpha value is -0.940. The van der Waals surface area contributed by atoms with E-state index >= 15 is 0 Å². The second kappa shape index (κ2) is 6.29.